The van der Waals surface area contributed by atoms with Crippen LogP contribution in [0, 0.1) is 11.6 Å². The molecule has 10 heteroatoms. The van der Waals surface area contributed by atoms with Gasteiger partial charge in [0.1, 0.15) is 17.8 Å². The molecule has 1 atom stereocenters. The fourth-order valence-electron chi connectivity index (χ4n) is 1.86. The summed E-state index contributed by atoms with van der Waals surface area (Å²) >= 11 is 0. The lowest BCUT2D eigenvalue weighted by Crippen LogP contribution is -2.54. The lowest BCUT2D eigenvalue weighted by Gasteiger charge is -2.20. The van der Waals surface area contributed by atoms with Crippen molar-refractivity contribution in [1.82, 2.24) is 4.90 Å². The Labute approximate surface area is 124 Å². The highest BCUT2D eigenvalue weighted by molar-refractivity contribution is 7.94. The number of benzene rings is 1. The topological polar surface area (TPSA) is 86.6 Å². The summed E-state index contributed by atoms with van der Waals surface area (Å²) < 4.78 is 53.8. The quantitative estimate of drug-likeness (QED) is 0.811. The van der Waals surface area contributed by atoms with Gasteiger partial charge >= 0.3 is 11.9 Å². The summed E-state index contributed by atoms with van der Waals surface area (Å²) in [6.45, 7) is 0. The van der Waals surface area contributed by atoms with E-state index in [0.29, 0.717) is 11.0 Å². The number of hydrogen-bond donors (Lipinski definition) is 1. The largest absolute Gasteiger partial charge is 0.500 e. The highest BCUT2D eigenvalue weighted by Gasteiger charge is 2.46. The summed E-state index contributed by atoms with van der Waals surface area (Å²) in [5, 5.41) is -1.73. The van der Waals surface area contributed by atoms with Crippen LogP contribution >= 0.6 is 0 Å². The summed E-state index contributed by atoms with van der Waals surface area (Å²) in [5.74, 6) is -2.83. The van der Waals surface area contributed by atoms with E-state index in [1.54, 1.807) is 0 Å². The van der Waals surface area contributed by atoms with E-state index >= 15 is 0 Å². The third-order valence-corrected chi connectivity index (χ3v) is 4.53. The van der Waals surface area contributed by atoms with Gasteiger partial charge in [0.15, 0.2) is 0 Å². The minimum Gasteiger partial charge on any atom is -0.279 e. The molecule has 3 amide bonds. The van der Waals surface area contributed by atoms with Gasteiger partial charge in [0.2, 0.25) is 5.25 Å². The normalized spacial score (nSPS) is 19.2. The Balaban J connectivity index is 2.40. The molecule has 0 aliphatic carbocycles. The maximum absolute atomic E-state index is 13.5. The first-order chi connectivity index (χ1) is 10.1. The summed E-state index contributed by atoms with van der Waals surface area (Å²) in [4.78, 5) is 24.1. The summed E-state index contributed by atoms with van der Waals surface area (Å²) in [5.41, 5.74) is -0.622. The predicted molar refractivity (Wildman–Crippen MR) is 73.1 cm³/mol. The zero-order valence-electron chi connectivity index (χ0n) is 11.6. The molecule has 0 bridgehead atoms. The molecule has 1 aliphatic heterocycles. The van der Waals surface area contributed by atoms with Crippen molar-refractivity contribution in [3.63, 3.8) is 0 Å². The molecule has 0 fully saturated rings. The summed E-state index contributed by atoms with van der Waals surface area (Å²) in [6, 6.07) is 1.53. The number of carbonyl (C=O) groups is 2. The molecule has 7 nitrogen and oxygen atoms in total. The van der Waals surface area contributed by atoms with Gasteiger partial charge in [-0.1, -0.05) is 0 Å². The highest BCUT2D eigenvalue weighted by atomic mass is 32.2. The van der Waals surface area contributed by atoms with Gasteiger partial charge < -0.3 is 0 Å². The predicted octanol–water partition coefficient (Wildman–Crippen LogP) is 0.380. The lowest BCUT2D eigenvalue weighted by atomic mass is 10.3. The molecule has 1 heterocycles. The zero-order valence-corrected chi connectivity index (χ0v) is 12.4. The maximum Gasteiger partial charge on any atom is 0.500 e. The van der Waals surface area contributed by atoms with Crippen molar-refractivity contribution in [2.24, 2.45) is 0 Å². The van der Waals surface area contributed by atoms with Gasteiger partial charge in [-0.25, -0.2) is 26.6 Å². The maximum atomic E-state index is 13.5. The number of nitrogens with zero attached hydrogens (tertiary/aromatic N) is 2. The van der Waals surface area contributed by atoms with E-state index < -0.39 is 44.5 Å². The van der Waals surface area contributed by atoms with Gasteiger partial charge in [0, 0.05) is 6.07 Å². The van der Waals surface area contributed by atoms with Crippen LogP contribution in [0.5, 0.6) is 0 Å². The van der Waals surface area contributed by atoms with Crippen LogP contribution in [0.3, 0.4) is 0 Å². The molecule has 1 N–H and O–H groups in total. The Morgan fingerprint density at radius 3 is 2.55 bits per heavy atom. The number of anilines is 1. The first-order valence-corrected chi connectivity index (χ1v) is 7.54. The van der Waals surface area contributed by atoms with Gasteiger partial charge in [-0.2, -0.15) is 9.69 Å². The Morgan fingerprint density at radius 1 is 1.27 bits per heavy atom. The van der Waals surface area contributed by atoms with Crippen LogP contribution in [-0.4, -0.2) is 55.4 Å². The Hall–Kier alpha value is -2.36. The number of hydrogen-bond acceptors (Lipinski definition) is 4. The van der Waals surface area contributed by atoms with Crippen LogP contribution in [0.4, 0.5) is 19.3 Å². The molecule has 1 aliphatic rings. The van der Waals surface area contributed by atoms with Crippen molar-refractivity contribution < 1.29 is 31.4 Å². The molecule has 1 unspecified atom stereocenters. The van der Waals surface area contributed by atoms with Crippen molar-refractivity contribution in [2.75, 3.05) is 18.8 Å². The number of imide groups is 1. The van der Waals surface area contributed by atoms with E-state index in [0.717, 1.165) is 30.0 Å². The molecule has 1 aromatic rings. The minimum atomic E-state index is -4.41. The SMILES string of the molecule is CN1C(=O)C(S(=O)(=O)Nc2cc(F)ccc2F)C=[N+](C)C1=O. The smallest absolute Gasteiger partial charge is 0.279 e. The second kappa shape index (κ2) is 5.44. The molecule has 22 heavy (non-hydrogen) atoms. The van der Waals surface area contributed by atoms with Gasteiger partial charge in [-0.3, -0.25) is 4.72 Å². The van der Waals surface area contributed by atoms with Crippen LogP contribution in [0.2, 0.25) is 0 Å². The van der Waals surface area contributed by atoms with Crippen LogP contribution in [-0.2, 0) is 14.8 Å². The second-order valence-corrected chi connectivity index (χ2v) is 6.43. The van der Waals surface area contributed by atoms with Crippen molar-refractivity contribution in [1.29, 1.82) is 0 Å². The second-order valence-electron chi connectivity index (χ2n) is 4.63. The van der Waals surface area contributed by atoms with Crippen LogP contribution < -0.4 is 4.72 Å². The molecule has 0 saturated carbocycles. The van der Waals surface area contributed by atoms with Gasteiger partial charge in [-0.15, -0.1) is 0 Å². The third kappa shape index (κ3) is 2.82. The number of rotatable bonds is 3. The fraction of sp³-hybridized carbons (Fsp3) is 0.250. The molecule has 2 rings (SSSR count). The Bertz CT molecular complexity index is 792. The number of amides is 3. The van der Waals surface area contributed by atoms with Crippen molar-refractivity contribution in [2.45, 2.75) is 5.25 Å². The molecule has 0 aromatic heterocycles. The average Bonchev–Trinajstić information content (AvgIpc) is 2.44. The van der Waals surface area contributed by atoms with Gasteiger partial charge in [0.05, 0.1) is 19.8 Å². The first-order valence-electron chi connectivity index (χ1n) is 5.99. The van der Waals surface area contributed by atoms with Crippen molar-refractivity contribution in [3.05, 3.63) is 29.8 Å². The molecular formula is C12H12F2N3O4S+. The standard InChI is InChI=1S/C12H12F2N3O4S/c1-16-6-10(11(18)17(2)12(16)19)22(20,21)15-9-5-7(13)3-4-8(9)14/h3-6,10,15H,1-2H3/q+1. The number of nitrogens with one attached hydrogen (secondary N) is 1. The molecular weight excluding hydrogens is 320 g/mol. The van der Waals surface area contributed by atoms with Crippen molar-refractivity contribution in [3.8, 4) is 0 Å². The third-order valence-electron chi connectivity index (χ3n) is 3.04. The number of halogens is 2. The van der Waals surface area contributed by atoms with E-state index in [2.05, 4.69) is 0 Å². The molecule has 118 valence electrons. The number of urea groups is 1. The van der Waals surface area contributed by atoms with Crippen LogP contribution in [0.1, 0.15) is 0 Å². The van der Waals surface area contributed by atoms with E-state index in [1.165, 1.54) is 7.05 Å². The van der Waals surface area contributed by atoms with E-state index in [4.69, 9.17) is 0 Å². The van der Waals surface area contributed by atoms with Crippen LogP contribution in [0.15, 0.2) is 18.2 Å². The first kappa shape index (κ1) is 16.0. The number of sulfonamides is 1. The lowest BCUT2D eigenvalue weighted by molar-refractivity contribution is -0.399. The van der Waals surface area contributed by atoms with E-state index in [9.17, 15) is 26.8 Å². The molecule has 0 radical (unpaired) electrons. The highest BCUT2D eigenvalue weighted by Crippen LogP contribution is 2.19. The van der Waals surface area contributed by atoms with E-state index in [-0.39, 0.29) is 0 Å². The van der Waals surface area contributed by atoms with E-state index in [1.807, 2.05) is 4.72 Å². The number of carbonyl (C=O) groups excluding carboxylic acids is 2. The van der Waals surface area contributed by atoms with Crippen molar-refractivity contribution >= 4 is 33.9 Å². The Kier molecular flexibility index (Phi) is 3.96. The van der Waals surface area contributed by atoms with Crippen LogP contribution in [0.25, 0.3) is 0 Å². The fourth-order valence-corrected chi connectivity index (χ4v) is 3.21. The van der Waals surface area contributed by atoms with Gasteiger partial charge in [-0.05, 0) is 12.1 Å². The molecule has 1 aromatic carbocycles. The zero-order chi connectivity index (χ0) is 16.7. The molecule has 0 saturated heterocycles. The average molecular weight is 332 g/mol. The summed E-state index contributed by atoms with van der Waals surface area (Å²) in [6.07, 6.45) is 0.893. The minimum absolute atomic E-state index is 0.622. The monoisotopic (exact) mass is 332 g/mol. The summed E-state index contributed by atoms with van der Waals surface area (Å²) in [7, 11) is -2.01. The molecule has 0 spiro atoms. The Morgan fingerprint density at radius 2 is 1.91 bits per heavy atom. The van der Waals surface area contributed by atoms with Gasteiger partial charge in [0.25, 0.3) is 10.0 Å².